The lowest BCUT2D eigenvalue weighted by atomic mass is 9.99. The predicted molar refractivity (Wildman–Crippen MR) is 151 cm³/mol. The van der Waals surface area contributed by atoms with E-state index in [0.29, 0.717) is 29.0 Å². The minimum atomic E-state index is -1.70. The normalized spacial score (nSPS) is 12.9. The monoisotopic (exact) mass is 537 g/mol. The first-order valence-electron chi connectivity index (χ1n) is 12.8. The van der Waals surface area contributed by atoms with Crippen LogP contribution in [0.15, 0.2) is 115 Å². The first-order chi connectivity index (χ1) is 19.4. The summed E-state index contributed by atoms with van der Waals surface area (Å²) in [5.74, 6) is -1.47. The summed E-state index contributed by atoms with van der Waals surface area (Å²) >= 11 is 0. The number of rotatable bonds is 12. The van der Waals surface area contributed by atoms with E-state index in [2.05, 4.69) is 10.6 Å². The van der Waals surface area contributed by atoms with E-state index in [9.17, 15) is 19.5 Å². The second-order valence-corrected chi connectivity index (χ2v) is 9.26. The van der Waals surface area contributed by atoms with E-state index in [4.69, 9.17) is 10.5 Å². The molecule has 0 spiro atoms. The fraction of sp³-hybridized carbons (Fsp3) is 0.156. The second-order valence-electron chi connectivity index (χ2n) is 9.26. The van der Waals surface area contributed by atoms with Gasteiger partial charge in [-0.2, -0.15) is 0 Å². The number of carbonyl (C=O) groups is 3. The molecule has 0 fully saturated rings. The third-order valence-electron chi connectivity index (χ3n) is 6.31. The molecule has 4 aromatic carbocycles. The smallest absolute Gasteiger partial charge is 0.252 e. The number of amides is 3. The molecule has 40 heavy (non-hydrogen) atoms. The number of nitrogens with two attached hydrogens (primary N) is 1. The SMILES string of the molecule is NC(=O)[C@H](Cc1cccc(OCc2ccccc2)c1)NC(=O)[C@H](O)[C@@H](NC(=O)c1ccccc1)c1ccccc1. The van der Waals surface area contributed by atoms with E-state index in [1.165, 1.54) is 0 Å². The van der Waals surface area contributed by atoms with Gasteiger partial charge in [0.25, 0.3) is 11.8 Å². The number of hydrogen-bond donors (Lipinski definition) is 4. The van der Waals surface area contributed by atoms with Crippen LogP contribution < -0.4 is 21.1 Å². The molecule has 8 nitrogen and oxygen atoms in total. The molecular formula is C32H31N3O5. The maximum absolute atomic E-state index is 13.2. The molecule has 0 saturated heterocycles. The summed E-state index contributed by atoms with van der Waals surface area (Å²) < 4.78 is 5.86. The molecule has 0 aliphatic rings. The number of aliphatic hydroxyl groups is 1. The van der Waals surface area contributed by atoms with Crippen LogP contribution in [0, 0.1) is 0 Å². The molecule has 4 rings (SSSR count). The van der Waals surface area contributed by atoms with Crippen LogP contribution >= 0.6 is 0 Å². The van der Waals surface area contributed by atoms with Crippen LogP contribution in [0.5, 0.6) is 5.75 Å². The Kier molecular flexibility index (Phi) is 9.63. The highest BCUT2D eigenvalue weighted by atomic mass is 16.5. The van der Waals surface area contributed by atoms with Gasteiger partial charge in [-0.25, -0.2) is 0 Å². The van der Waals surface area contributed by atoms with Gasteiger partial charge in [-0.3, -0.25) is 14.4 Å². The summed E-state index contributed by atoms with van der Waals surface area (Å²) in [4.78, 5) is 38.3. The average Bonchev–Trinajstić information content (AvgIpc) is 2.99. The highest BCUT2D eigenvalue weighted by Crippen LogP contribution is 2.20. The molecule has 3 amide bonds. The van der Waals surface area contributed by atoms with Gasteiger partial charge in [-0.1, -0.05) is 91.0 Å². The van der Waals surface area contributed by atoms with E-state index in [1.54, 1.807) is 84.9 Å². The summed E-state index contributed by atoms with van der Waals surface area (Å²) in [6.07, 6.45) is -1.61. The summed E-state index contributed by atoms with van der Waals surface area (Å²) in [6, 6.07) is 31.8. The molecule has 0 aliphatic heterocycles. The molecule has 8 heteroatoms. The van der Waals surface area contributed by atoms with Crippen LogP contribution in [0.1, 0.15) is 33.1 Å². The van der Waals surface area contributed by atoms with Gasteiger partial charge >= 0.3 is 0 Å². The first kappa shape index (κ1) is 28.1. The Morgan fingerprint density at radius 1 is 0.750 bits per heavy atom. The van der Waals surface area contributed by atoms with Crippen molar-refractivity contribution < 1.29 is 24.2 Å². The fourth-order valence-electron chi connectivity index (χ4n) is 4.19. The lowest BCUT2D eigenvalue weighted by molar-refractivity contribution is -0.134. The van der Waals surface area contributed by atoms with Crippen molar-refractivity contribution in [1.29, 1.82) is 0 Å². The number of carbonyl (C=O) groups excluding carboxylic acids is 3. The van der Waals surface area contributed by atoms with Crippen molar-refractivity contribution in [1.82, 2.24) is 10.6 Å². The van der Waals surface area contributed by atoms with Gasteiger partial charge in [-0.15, -0.1) is 0 Å². The Labute approximate surface area is 232 Å². The Morgan fingerprint density at radius 2 is 1.35 bits per heavy atom. The van der Waals surface area contributed by atoms with Crippen molar-refractivity contribution in [2.75, 3.05) is 0 Å². The maximum atomic E-state index is 13.2. The molecule has 0 radical (unpaired) electrons. The van der Waals surface area contributed by atoms with Gasteiger partial charge in [0, 0.05) is 12.0 Å². The van der Waals surface area contributed by atoms with Crippen LogP contribution in [-0.2, 0) is 22.6 Å². The van der Waals surface area contributed by atoms with Crippen molar-refractivity contribution in [2.24, 2.45) is 5.73 Å². The lowest BCUT2D eigenvalue weighted by Gasteiger charge is -2.26. The van der Waals surface area contributed by atoms with E-state index in [-0.39, 0.29) is 6.42 Å². The topological polar surface area (TPSA) is 131 Å². The molecule has 0 heterocycles. The Morgan fingerprint density at radius 3 is 2.00 bits per heavy atom. The molecular weight excluding hydrogens is 506 g/mol. The third-order valence-corrected chi connectivity index (χ3v) is 6.31. The van der Waals surface area contributed by atoms with Gasteiger partial charge in [0.05, 0.1) is 6.04 Å². The summed E-state index contributed by atoms with van der Waals surface area (Å²) in [7, 11) is 0. The number of nitrogens with one attached hydrogen (secondary N) is 2. The standard InChI is InChI=1S/C32H31N3O5/c33-30(37)27(20-23-13-10-18-26(19-23)40-21-22-11-4-1-5-12-22)34-32(39)29(36)28(24-14-6-2-7-15-24)35-31(38)25-16-8-3-9-17-25/h1-19,27-29,36H,20-21H2,(H2,33,37)(H,34,39)(H,35,38)/t27-,28-,29+/m0/s1. The number of hydrogen-bond acceptors (Lipinski definition) is 5. The summed E-state index contributed by atoms with van der Waals surface area (Å²) in [5, 5.41) is 16.3. The Hall–Kier alpha value is -4.95. The molecule has 0 bridgehead atoms. The highest BCUT2D eigenvalue weighted by Gasteiger charge is 2.31. The number of ether oxygens (including phenoxy) is 1. The van der Waals surface area contributed by atoms with Crippen molar-refractivity contribution in [3.63, 3.8) is 0 Å². The molecule has 0 unspecified atom stereocenters. The molecule has 0 aliphatic carbocycles. The first-order valence-corrected chi connectivity index (χ1v) is 12.8. The minimum absolute atomic E-state index is 0.0860. The average molecular weight is 538 g/mol. The largest absolute Gasteiger partial charge is 0.489 e. The maximum Gasteiger partial charge on any atom is 0.252 e. The van der Waals surface area contributed by atoms with E-state index in [1.807, 2.05) is 30.3 Å². The van der Waals surface area contributed by atoms with Gasteiger partial charge in [0.15, 0.2) is 6.10 Å². The van der Waals surface area contributed by atoms with Gasteiger partial charge < -0.3 is 26.2 Å². The van der Waals surface area contributed by atoms with Crippen molar-refractivity contribution >= 4 is 17.7 Å². The summed E-state index contributed by atoms with van der Waals surface area (Å²) in [6.45, 7) is 0.377. The van der Waals surface area contributed by atoms with E-state index >= 15 is 0 Å². The second kappa shape index (κ2) is 13.7. The fourth-order valence-corrected chi connectivity index (χ4v) is 4.19. The number of aliphatic hydroxyl groups excluding tert-OH is 1. The Balaban J connectivity index is 1.45. The van der Waals surface area contributed by atoms with Crippen LogP contribution in [0.3, 0.4) is 0 Å². The van der Waals surface area contributed by atoms with Gasteiger partial charge in [0.1, 0.15) is 18.4 Å². The van der Waals surface area contributed by atoms with E-state index < -0.39 is 35.9 Å². The minimum Gasteiger partial charge on any atom is -0.489 e. The third kappa shape index (κ3) is 7.78. The molecule has 5 N–H and O–H groups in total. The van der Waals surface area contributed by atoms with Crippen LogP contribution in [0.25, 0.3) is 0 Å². The Bertz CT molecular complexity index is 1410. The van der Waals surface area contributed by atoms with Crippen molar-refractivity contribution in [3.05, 3.63) is 138 Å². The predicted octanol–water partition coefficient (Wildman–Crippen LogP) is 3.31. The summed E-state index contributed by atoms with van der Waals surface area (Å²) in [5.41, 5.74) is 8.23. The highest BCUT2D eigenvalue weighted by molar-refractivity contribution is 5.95. The number of benzene rings is 4. The van der Waals surface area contributed by atoms with Crippen LogP contribution in [0.4, 0.5) is 0 Å². The zero-order chi connectivity index (χ0) is 28.3. The van der Waals surface area contributed by atoms with Gasteiger partial charge in [-0.05, 0) is 41.0 Å². The zero-order valence-corrected chi connectivity index (χ0v) is 21.8. The van der Waals surface area contributed by atoms with Crippen LogP contribution in [-0.4, -0.2) is 35.0 Å². The van der Waals surface area contributed by atoms with Crippen LogP contribution in [0.2, 0.25) is 0 Å². The molecule has 0 aromatic heterocycles. The molecule has 4 aromatic rings. The quantitative estimate of drug-likeness (QED) is 0.220. The molecule has 3 atom stereocenters. The number of primary amides is 1. The lowest BCUT2D eigenvalue weighted by Crippen LogP contribution is -2.52. The van der Waals surface area contributed by atoms with Gasteiger partial charge in [0.2, 0.25) is 5.91 Å². The molecule has 204 valence electrons. The van der Waals surface area contributed by atoms with Crippen molar-refractivity contribution in [2.45, 2.75) is 31.2 Å². The van der Waals surface area contributed by atoms with Crippen molar-refractivity contribution in [3.8, 4) is 5.75 Å². The zero-order valence-electron chi connectivity index (χ0n) is 21.8. The van der Waals surface area contributed by atoms with E-state index in [0.717, 1.165) is 5.56 Å². The molecule has 0 saturated carbocycles.